The molecule has 0 unspecified atom stereocenters. The molecule has 1 aromatic heterocycles. The molecule has 0 aliphatic rings. The van der Waals surface area contributed by atoms with E-state index in [4.69, 9.17) is 4.42 Å². The Kier molecular flexibility index (Phi) is 6.71. The Hall–Kier alpha value is -2.64. The Morgan fingerprint density at radius 2 is 1.76 bits per heavy atom. The number of furan rings is 1. The third-order valence-corrected chi connectivity index (χ3v) is 5.42. The Morgan fingerprint density at radius 1 is 1.07 bits per heavy atom. The van der Waals surface area contributed by atoms with E-state index in [0.717, 1.165) is 25.8 Å². The smallest absolute Gasteiger partial charge is 0.287 e. The van der Waals surface area contributed by atoms with Crippen LogP contribution in [0.1, 0.15) is 28.1 Å². The molecule has 2 aromatic carbocycles. The van der Waals surface area contributed by atoms with Crippen LogP contribution in [0.5, 0.6) is 0 Å². The van der Waals surface area contributed by atoms with Crippen molar-refractivity contribution in [2.45, 2.75) is 18.7 Å². The lowest BCUT2D eigenvalue weighted by molar-refractivity contribution is 0.0925. The summed E-state index contributed by atoms with van der Waals surface area (Å²) in [7, 11) is -1.27. The maximum atomic E-state index is 12.6. The minimum atomic E-state index is -3.31. The molecular formula is C22H26N2O4S. The first-order valence-electron chi connectivity index (χ1n) is 9.52. The van der Waals surface area contributed by atoms with Crippen molar-refractivity contribution in [2.75, 3.05) is 26.4 Å². The molecule has 0 radical (unpaired) electrons. The monoisotopic (exact) mass is 414 g/mol. The molecule has 1 N–H and O–H groups in total. The summed E-state index contributed by atoms with van der Waals surface area (Å²) in [5.41, 5.74) is 2.17. The van der Waals surface area contributed by atoms with Crippen molar-refractivity contribution in [1.29, 1.82) is 0 Å². The number of carbonyl (C=O) groups is 1. The fourth-order valence-electron chi connectivity index (χ4n) is 3.29. The quantitative estimate of drug-likeness (QED) is 0.544. The zero-order chi connectivity index (χ0) is 20.9. The number of para-hydroxylation sites is 1. The van der Waals surface area contributed by atoms with Gasteiger partial charge in [-0.05, 0) is 31.6 Å². The summed E-state index contributed by atoms with van der Waals surface area (Å²) in [5.74, 6) is -0.535. The zero-order valence-corrected chi connectivity index (χ0v) is 17.5. The van der Waals surface area contributed by atoms with Crippen molar-refractivity contribution < 1.29 is 17.6 Å². The number of hydrogen-bond donors (Lipinski definition) is 1. The maximum absolute atomic E-state index is 12.6. The molecule has 0 saturated heterocycles. The summed E-state index contributed by atoms with van der Waals surface area (Å²) in [6, 6.07) is 17.3. The second kappa shape index (κ2) is 9.24. The van der Waals surface area contributed by atoms with E-state index in [1.54, 1.807) is 24.3 Å². The number of benzene rings is 2. The third kappa shape index (κ3) is 5.92. The number of hydrogen-bond acceptors (Lipinski definition) is 5. The van der Waals surface area contributed by atoms with Crippen molar-refractivity contribution in [3.05, 3.63) is 71.5 Å². The molecule has 0 bridgehead atoms. The molecule has 154 valence electrons. The number of rotatable bonds is 9. The highest BCUT2D eigenvalue weighted by molar-refractivity contribution is 7.89. The average molecular weight is 415 g/mol. The Bertz CT molecular complexity index is 1070. The molecule has 0 atom stereocenters. The normalized spacial score (nSPS) is 11.8. The first kappa shape index (κ1) is 21.1. The van der Waals surface area contributed by atoms with E-state index in [1.165, 1.54) is 5.56 Å². The van der Waals surface area contributed by atoms with Crippen molar-refractivity contribution in [2.24, 2.45) is 0 Å². The molecule has 7 heteroatoms. The van der Waals surface area contributed by atoms with E-state index in [9.17, 15) is 13.2 Å². The topological polar surface area (TPSA) is 79.6 Å². The first-order valence-corrected chi connectivity index (χ1v) is 11.6. The summed E-state index contributed by atoms with van der Waals surface area (Å²) in [4.78, 5) is 14.8. The van der Waals surface area contributed by atoms with Crippen molar-refractivity contribution in [1.82, 2.24) is 10.2 Å². The van der Waals surface area contributed by atoms with Gasteiger partial charge in [0, 0.05) is 30.3 Å². The van der Waals surface area contributed by atoms with Gasteiger partial charge in [0.15, 0.2) is 15.6 Å². The van der Waals surface area contributed by atoms with Crippen LogP contribution in [0.15, 0.2) is 59.0 Å². The highest BCUT2D eigenvalue weighted by atomic mass is 32.2. The molecule has 0 saturated carbocycles. The molecule has 3 aromatic rings. The molecular weight excluding hydrogens is 388 g/mol. The average Bonchev–Trinajstić information content (AvgIpc) is 3.03. The van der Waals surface area contributed by atoms with E-state index in [2.05, 4.69) is 22.3 Å². The molecule has 3 rings (SSSR count). The van der Waals surface area contributed by atoms with Crippen molar-refractivity contribution in [3.63, 3.8) is 0 Å². The predicted molar refractivity (Wildman–Crippen MR) is 114 cm³/mol. The number of nitrogens with one attached hydrogen (secondary N) is 1. The van der Waals surface area contributed by atoms with Gasteiger partial charge < -0.3 is 14.6 Å². The van der Waals surface area contributed by atoms with Crippen LogP contribution < -0.4 is 5.32 Å². The summed E-state index contributed by atoms with van der Waals surface area (Å²) in [6.07, 6.45) is 1.93. The van der Waals surface area contributed by atoms with Gasteiger partial charge >= 0.3 is 0 Å². The van der Waals surface area contributed by atoms with Crippen LogP contribution >= 0.6 is 0 Å². The van der Waals surface area contributed by atoms with Crippen LogP contribution in [0.4, 0.5) is 0 Å². The maximum Gasteiger partial charge on any atom is 0.287 e. The van der Waals surface area contributed by atoms with Crippen LogP contribution in [0, 0.1) is 0 Å². The number of sulfone groups is 1. The van der Waals surface area contributed by atoms with E-state index < -0.39 is 9.84 Å². The SMILES string of the molecule is CN(CCCNC(=O)c1oc2ccccc2c1CS(C)(=O)=O)Cc1ccccc1. The highest BCUT2D eigenvalue weighted by Gasteiger charge is 2.23. The van der Waals surface area contributed by atoms with Crippen LogP contribution in [-0.2, 0) is 22.1 Å². The zero-order valence-electron chi connectivity index (χ0n) is 16.7. The second-order valence-corrected chi connectivity index (χ2v) is 9.45. The van der Waals surface area contributed by atoms with Crippen LogP contribution in [0.25, 0.3) is 11.0 Å². The van der Waals surface area contributed by atoms with Crippen LogP contribution in [-0.4, -0.2) is 45.6 Å². The first-order chi connectivity index (χ1) is 13.8. The molecule has 29 heavy (non-hydrogen) atoms. The summed E-state index contributed by atoms with van der Waals surface area (Å²) in [6.45, 7) is 2.15. The van der Waals surface area contributed by atoms with E-state index >= 15 is 0 Å². The van der Waals surface area contributed by atoms with E-state index in [-0.39, 0.29) is 17.4 Å². The minimum absolute atomic E-state index is 0.0780. The molecule has 0 spiro atoms. The van der Waals surface area contributed by atoms with Gasteiger partial charge in [0.05, 0.1) is 5.75 Å². The van der Waals surface area contributed by atoms with Gasteiger partial charge in [-0.1, -0.05) is 48.5 Å². The van der Waals surface area contributed by atoms with Gasteiger partial charge in [0.2, 0.25) is 0 Å². The van der Waals surface area contributed by atoms with Gasteiger partial charge in [-0.25, -0.2) is 8.42 Å². The predicted octanol–water partition coefficient (Wildman–Crippen LogP) is 3.23. The van der Waals surface area contributed by atoms with Gasteiger partial charge in [-0.3, -0.25) is 4.79 Å². The van der Waals surface area contributed by atoms with Gasteiger partial charge in [-0.15, -0.1) is 0 Å². The molecule has 6 nitrogen and oxygen atoms in total. The van der Waals surface area contributed by atoms with E-state index in [1.807, 2.05) is 25.2 Å². The largest absolute Gasteiger partial charge is 0.451 e. The molecule has 1 heterocycles. The Morgan fingerprint density at radius 3 is 2.48 bits per heavy atom. The number of amides is 1. The molecule has 0 fully saturated rings. The van der Waals surface area contributed by atoms with Crippen molar-refractivity contribution in [3.8, 4) is 0 Å². The fraction of sp³-hybridized carbons (Fsp3) is 0.318. The fourth-order valence-corrected chi connectivity index (χ4v) is 4.10. The van der Waals surface area contributed by atoms with Gasteiger partial charge in [-0.2, -0.15) is 0 Å². The minimum Gasteiger partial charge on any atom is -0.451 e. The van der Waals surface area contributed by atoms with Gasteiger partial charge in [0.25, 0.3) is 5.91 Å². The number of nitrogens with zero attached hydrogens (tertiary/aromatic N) is 1. The van der Waals surface area contributed by atoms with E-state index in [0.29, 0.717) is 23.1 Å². The summed E-state index contributed by atoms with van der Waals surface area (Å²) < 4.78 is 29.3. The third-order valence-electron chi connectivity index (χ3n) is 4.61. The molecule has 0 aliphatic carbocycles. The van der Waals surface area contributed by atoms with Crippen molar-refractivity contribution >= 4 is 26.7 Å². The lowest BCUT2D eigenvalue weighted by Gasteiger charge is -2.16. The number of fused-ring (bicyclic) bond motifs is 1. The Balaban J connectivity index is 1.59. The second-order valence-electron chi connectivity index (χ2n) is 7.31. The molecule has 0 aliphatic heterocycles. The van der Waals surface area contributed by atoms with Gasteiger partial charge in [0.1, 0.15) is 5.58 Å². The van der Waals surface area contributed by atoms with Crippen LogP contribution in [0.3, 0.4) is 0 Å². The number of carbonyl (C=O) groups excluding carboxylic acids is 1. The molecule has 1 amide bonds. The standard InChI is InChI=1S/C22H26N2O4S/c1-24(15-17-9-4-3-5-10-17)14-8-13-23-22(25)21-19(16-29(2,26)27)18-11-6-7-12-20(18)28-21/h3-7,9-12H,8,13-16H2,1-2H3,(H,23,25). The summed E-state index contributed by atoms with van der Waals surface area (Å²) >= 11 is 0. The lowest BCUT2D eigenvalue weighted by Crippen LogP contribution is -2.28. The van der Waals surface area contributed by atoms with Crippen LogP contribution in [0.2, 0.25) is 0 Å². The lowest BCUT2D eigenvalue weighted by atomic mass is 10.1. The Labute approximate surface area is 171 Å². The summed E-state index contributed by atoms with van der Waals surface area (Å²) in [5, 5.41) is 3.51. The highest BCUT2D eigenvalue weighted by Crippen LogP contribution is 2.27.